The Balaban J connectivity index is 1.23. The van der Waals surface area contributed by atoms with Crippen molar-refractivity contribution in [1.29, 1.82) is 0 Å². The lowest BCUT2D eigenvalue weighted by molar-refractivity contribution is -0.257. The number of hydrogen-bond donors (Lipinski definition) is 3. The zero-order chi connectivity index (χ0) is 33.4. The normalized spacial score (nSPS) is 22.5. The molecule has 1 aromatic heterocycles. The van der Waals surface area contributed by atoms with Crippen LogP contribution in [0.1, 0.15) is 51.3 Å². The fraction of sp³-hybridized carbons (Fsp3) is 0.265. The van der Waals surface area contributed by atoms with Gasteiger partial charge in [-0.15, -0.1) is 0 Å². The summed E-state index contributed by atoms with van der Waals surface area (Å²) in [5, 5.41) is 24.5. The number of pyridine rings is 1. The summed E-state index contributed by atoms with van der Waals surface area (Å²) in [7, 11) is 0. The van der Waals surface area contributed by atoms with Crippen LogP contribution in [0, 0.1) is 0 Å². The number of benzene rings is 3. The van der Waals surface area contributed by atoms with E-state index >= 15 is 4.39 Å². The molecular formula is C34H29FN2O10. The molecule has 13 heteroatoms. The molecule has 12 nitrogen and oxygen atoms in total. The first kappa shape index (κ1) is 31.6. The van der Waals surface area contributed by atoms with Gasteiger partial charge in [0.1, 0.15) is 24.3 Å². The van der Waals surface area contributed by atoms with Crippen LogP contribution in [0.2, 0.25) is 0 Å². The predicted molar refractivity (Wildman–Crippen MR) is 162 cm³/mol. The zero-order valence-electron chi connectivity index (χ0n) is 25.1. The van der Waals surface area contributed by atoms with E-state index in [0.29, 0.717) is 0 Å². The van der Waals surface area contributed by atoms with Crippen LogP contribution < -0.4 is 10.1 Å². The molecule has 1 saturated heterocycles. The molecule has 0 saturated carbocycles. The van der Waals surface area contributed by atoms with Crippen LogP contribution in [0.4, 0.5) is 9.18 Å². The number of aliphatic hydroxyl groups is 1. The van der Waals surface area contributed by atoms with E-state index in [-0.39, 0.29) is 39.8 Å². The molecule has 1 amide bonds. The Morgan fingerprint density at radius 2 is 1.66 bits per heavy atom. The van der Waals surface area contributed by atoms with Gasteiger partial charge in [-0.2, -0.15) is 0 Å². The molecule has 1 aliphatic carbocycles. The Bertz CT molecular complexity index is 1880. The minimum atomic E-state index is -2.32. The third kappa shape index (κ3) is 5.86. The van der Waals surface area contributed by atoms with Crippen LogP contribution in [0.3, 0.4) is 0 Å². The quantitative estimate of drug-likeness (QED) is 0.220. The van der Waals surface area contributed by atoms with Gasteiger partial charge in [0, 0.05) is 28.3 Å². The zero-order valence-corrected chi connectivity index (χ0v) is 25.1. The van der Waals surface area contributed by atoms with Gasteiger partial charge in [0.05, 0.1) is 11.7 Å². The maximum absolute atomic E-state index is 16.0. The van der Waals surface area contributed by atoms with Crippen molar-refractivity contribution < 1.29 is 52.7 Å². The minimum absolute atomic E-state index is 0.0540. The third-order valence-corrected chi connectivity index (χ3v) is 7.99. The van der Waals surface area contributed by atoms with Crippen molar-refractivity contribution in [3.63, 3.8) is 0 Å². The van der Waals surface area contributed by atoms with Crippen molar-refractivity contribution in [2.45, 2.75) is 57.3 Å². The lowest BCUT2D eigenvalue weighted by Crippen LogP contribution is -2.59. The molecule has 1 aliphatic heterocycles. The molecule has 4 aromatic rings. The Kier molecular flexibility index (Phi) is 8.58. The molecule has 3 aromatic carbocycles. The lowest BCUT2D eigenvalue weighted by Gasteiger charge is -2.40. The molecule has 2 heterocycles. The third-order valence-electron chi connectivity index (χ3n) is 7.99. The number of rotatable bonds is 7. The number of esters is 1. The summed E-state index contributed by atoms with van der Waals surface area (Å²) < 4.78 is 37.8. The topological polar surface area (TPSA) is 171 Å². The number of nitrogens with zero attached hydrogens (tertiary/aromatic N) is 1. The largest absolute Gasteiger partial charge is 0.504 e. The molecule has 6 atom stereocenters. The number of phenols is 1. The summed E-state index contributed by atoms with van der Waals surface area (Å²) in [6.45, 7) is 2.63. The number of amides is 1. The Morgan fingerprint density at radius 3 is 2.36 bits per heavy atom. The highest BCUT2D eigenvalue weighted by Gasteiger charge is 2.49. The first-order chi connectivity index (χ1) is 22.6. The number of hydrogen-bond acceptors (Lipinski definition) is 11. The molecule has 0 bridgehead atoms. The second-order valence-corrected chi connectivity index (χ2v) is 11.1. The van der Waals surface area contributed by atoms with E-state index in [2.05, 4.69) is 10.3 Å². The average molecular weight is 645 g/mol. The van der Waals surface area contributed by atoms with Crippen LogP contribution in [0.25, 0.3) is 10.9 Å². The van der Waals surface area contributed by atoms with E-state index in [4.69, 9.17) is 18.9 Å². The van der Waals surface area contributed by atoms with Gasteiger partial charge in [-0.1, -0.05) is 60.7 Å². The molecular weight excluding hydrogens is 615 g/mol. The van der Waals surface area contributed by atoms with Crippen molar-refractivity contribution in [2.75, 3.05) is 0 Å². The van der Waals surface area contributed by atoms with Crippen LogP contribution in [0.15, 0.2) is 72.9 Å². The number of alkyl halides is 1. The standard InChI is InChI=1S/C34H29FN2O10/c1-16(37-34(43)44-15-18-9-4-3-5-10-18)32(42)46-30-24(35)33(45-17(2)26(30)38)47-31-25-21(13-8-14-36-25)22-23(29(31)41)28(40)20-12-7-6-11-19(20)27(22)39/h3-14,16-17,24,26,30,33,38,41H,15H2,1-2H3,(H,37,43)/t16-,17-,24+,26+,30-,33-/m0/s1. The van der Waals surface area contributed by atoms with Crippen LogP contribution in [-0.4, -0.2) is 75.6 Å². The Morgan fingerprint density at radius 1 is 1.00 bits per heavy atom. The number of halogens is 1. The van der Waals surface area contributed by atoms with Gasteiger partial charge in [0.25, 0.3) is 0 Å². The van der Waals surface area contributed by atoms with Gasteiger partial charge in [-0.25, -0.2) is 14.0 Å². The molecule has 242 valence electrons. The smallest absolute Gasteiger partial charge is 0.408 e. The second-order valence-electron chi connectivity index (χ2n) is 11.1. The predicted octanol–water partition coefficient (Wildman–Crippen LogP) is 3.77. The SMILES string of the molecule is C[C@H](NC(=O)OCc1ccccc1)C(=O)O[C@@H]1[C@H](O)[C@H](C)O[C@@H](Oc2c(O)c3c(c4cccnc24)C(=O)c2ccccc2C3=O)[C@@H]1F. The minimum Gasteiger partial charge on any atom is -0.504 e. The maximum Gasteiger partial charge on any atom is 0.408 e. The number of alkyl carbamates (subject to hydrolysis) is 1. The first-order valence-corrected chi connectivity index (χ1v) is 14.7. The van der Waals surface area contributed by atoms with E-state index in [1.165, 1.54) is 44.3 Å². The second kappa shape index (κ2) is 12.8. The van der Waals surface area contributed by atoms with E-state index in [1.54, 1.807) is 42.5 Å². The number of phenolic OH excluding ortho intramolecular Hbond substituents is 1. The van der Waals surface area contributed by atoms with Crippen LogP contribution in [0.5, 0.6) is 11.5 Å². The summed E-state index contributed by atoms with van der Waals surface area (Å²) in [4.78, 5) is 56.4. The van der Waals surface area contributed by atoms with Gasteiger partial charge in [-0.3, -0.25) is 14.6 Å². The summed E-state index contributed by atoms with van der Waals surface area (Å²) in [5.74, 6) is -3.44. The van der Waals surface area contributed by atoms with Gasteiger partial charge >= 0.3 is 12.1 Å². The highest BCUT2D eigenvalue weighted by atomic mass is 19.1. The fourth-order valence-corrected chi connectivity index (χ4v) is 5.54. The Hall–Kier alpha value is -5.40. The first-order valence-electron chi connectivity index (χ1n) is 14.7. The molecule has 1 fully saturated rings. The van der Waals surface area contributed by atoms with Crippen LogP contribution >= 0.6 is 0 Å². The van der Waals surface area contributed by atoms with Crippen LogP contribution in [-0.2, 0) is 25.6 Å². The molecule has 0 unspecified atom stereocenters. The number of nitrogens with one attached hydrogen (secondary N) is 1. The number of ether oxygens (including phenoxy) is 4. The van der Waals surface area contributed by atoms with Crippen molar-refractivity contribution in [3.05, 3.63) is 101 Å². The summed E-state index contributed by atoms with van der Waals surface area (Å²) in [6, 6.07) is 16.7. The van der Waals surface area contributed by atoms with E-state index < -0.39 is 71.9 Å². The van der Waals surface area contributed by atoms with Crippen molar-refractivity contribution in [3.8, 4) is 11.5 Å². The number of aromatic nitrogens is 1. The number of fused-ring (bicyclic) bond motifs is 4. The number of aliphatic hydroxyl groups excluding tert-OH is 1. The highest BCUT2D eigenvalue weighted by Crippen LogP contribution is 2.45. The molecule has 3 N–H and O–H groups in total. The average Bonchev–Trinajstić information content (AvgIpc) is 3.08. The highest BCUT2D eigenvalue weighted by molar-refractivity contribution is 6.33. The van der Waals surface area contributed by atoms with Crippen molar-refractivity contribution in [2.24, 2.45) is 0 Å². The number of aromatic hydroxyl groups is 1. The molecule has 0 radical (unpaired) electrons. The number of ketones is 2. The van der Waals surface area contributed by atoms with E-state index in [9.17, 15) is 29.4 Å². The summed E-state index contributed by atoms with van der Waals surface area (Å²) >= 11 is 0. The fourth-order valence-electron chi connectivity index (χ4n) is 5.54. The van der Waals surface area contributed by atoms with Gasteiger partial charge < -0.3 is 34.5 Å². The van der Waals surface area contributed by atoms with Crippen molar-refractivity contribution in [1.82, 2.24) is 10.3 Å². The van der Waals surface area contributed by atoms with E-state index in [1.807, 2.05) is 0 Å². The molecule has 2 aliphatic rings. The van der Waals surface area contributed by atoms with Gasteiger partial charge in [-0.05, 0) is 25.5 Å². The summed E-state index contributed by atoms with van der Waals surface area (Å²) in [6.07, 6.45) is -8.37. The number of carbonyl (C=O) groups excluding carboxylic acids is 4. The monoisotopic (exact) mass is 644 g/mol. The van der Waals surface area contributed by atoms with Gasteiger partial charge in [0.2, 0.25) is 12.5 Å². The number of carbonyl (C=O) groups is 4. The molecule has 47 heavy (non-hydrogen) atoms. The maximum atomic E-state index is 16.0. The van der Waals surface area contributed by atoms with E-state index in [0.717, 1.165) is 5.56 Å². The molecule has 0 spiro atoms. The summed E-state index contributed by atoms with van der Waals surface area (Å²) in [5.41, 5.74) is 0.467. The Labute approximate surface area is 267 Å². The van der Waals surface area contributed by atoms with Gasteiger partial charge in [0.15, 0.2) is 29.2 Å². The lowest BCUT2D eigenvalue weighted by atomic mass is 9.81. The molecule has 6 rings (SSSR count). The van der Waals surface area contributed by atoms with Crippen molar-refractivity contribution >= 4 is 34.5 Å².